The molecule has 0 aliphatic heterocycles. The van der Waals surface area contributed by atoms with Gasteiger partial charge in [0.25, 0.3) is 0 Å². The zero-order valence-corrected chi connectivity index (χ0v) is 10.4. The Morgan fingerprint density at radius 2 is 2.13 bits per heavy atom. The Bertz CT molecular complexity index is 347. The van der Waals surface area contributed by atoms with Crippen molar-refractivity contribution in [3.05, 3.63) is 5.56 Å². The van der Waals surface area contributed by atoms with E-state index in [1.807, 2.05) is 0 Å². The normalized spacial score (nSPS) is 16.7. The summed E-state index contributed by atoms with van der Waals surface area (Å²) in [5, 5.41) is 4.66. The van der Waals surface area contributed by atoms with Gasteiger partial charge in [-0.05, 0) is 35.7 Å². The molecular formula is C11H19N3S. The Hall–Kier alpha value is -0.770. The van der Waals surface area contributed by atoms with Crippen molar-refractivity contribution >= 4 is 22.4 Å². The van der Waals surface area contributed by atoms with Crippen LogP contribution in [0.15, 0.2) is 0 Å². The topological polar surface area (TPSA) is 50.9 Å². The fourth-order valence-electron chi connectivity index (χ4n) is 1.55. The molecule has 1 aromatic rings. The number of rotatable bonds is 3. The van der Waals surface area contributed by atoms with Crippen LogP contribution in [0.5, 0.6) is 0 Å². The van der Waals surface area contributed by atoms with Crippen LogP contribution in [0.3, 0.4) is 0 Å². The minimum atomic E-state index is 0.291. The average Bonchev–Trinajstić information content (AvgIpc) is 2.87. The summed E-state index contributed by atoms with van der Waals surface area (Å²) >= 11 is 1.50. The summed E-state index contributed by atoms with van der Waals surface area (Å²) in [6.45, 7) is 7.64. The van der Waals surface area contributed by atoms with Crippen molar-refractivity contribution in [2.24, 2.45) is 5.41 Å². The van der Waals surface area contributed by atoms with Gasteiger partial charge in [0.05, 0.1) is 0 Å². The summed E-state index contributed by atoms with van der Waals surface area (Å²) in [6.07, 6.45) is 2.54. The van der Waals surface area contributed by atoms with Gasteiger partial charge in [-0.3, -0.25) is 0 Å². The van der Waals surface area contributed by atoms with Crippen molar-refractivity contribution in [2.45, 2.75) is 39.5 Å². The molecule has 1 heterocycles. The van der Waals surface area contributed by atoms with Crippen LogP contribution < -0.4 is 11.1 Å². The summed E-state index contributed by atoms with van der Waals surface area (Å²) in [4.78, 5) is 0. The monoisotopic (exact) mass is 225 g/mol. The Labute approximate surface area is 95.2 Å². The fraction of sp³-hybridized carbons (Fsp3) is 0.727. The number of hydrogen-bond donors (Lipinski definition) is 2. The Morgan fingerprint density at radius 3 is 2.67 bits per heavy atom. The first kappa shape index (κ1) is 10.7. The van der Waals surface area contributed by atoms with Crippen molar-refractivity contribution in [1.29, 1.82) is 0 Å². The predicted molar refractivity (Wildman–Crippen MR) is 66.4 cm³/mol. The molecular weight excluding hydrogens is 206 g/mol. The van der Waals surface area contributed by atoms with Crippen LogP contribution in [0.2, 0.25) is 0 Å². The van der Waals surface area contributed by atoms with Crippen LogP contribution in [0.25, 0.3) is 0 Å². The van der Waals surface area contributed by atoms with Crippen LogP contribution in [0.1, 0.15) is 45.1 Å². The molecule has 1 saturated carbocycles. The van der Waals surface area contributed by atoms with Crippen molar-refractivity contribution in [3.8, 4) is 0 Å². The maximum Gasteiger partial charge on any atom is 0.142 e. The van der Waals surface area contributed by atoms with E-state index < -0.39 is 0 Å². The highest BCUT2D eigenvalue weighted by Crippen LogP contribution is 2.47. The van der Waals surface area contributed by atoms with E-state index in [9.17, 15) is 0 Å². The predicted octanol–water partition coefficient (Wildman–Crippen LogP) is 3.06. The third-order valence-corrected chi connectivity index (χ3v) is 3.36. The van der Waals surface area contributed by atoms with E-state index in [4.69, 9.17) is 5.73 Å². The molecule has 0 atom stereocenters. The molecule has 15 heavy (non-hydrogen) atoms. The highest BCUT2D eigenvalue weighted by molar-refractivity contribution is 7.10. The Morgan fingerprint density at radius 1 is 1.47 bits per heavy atom. The molecule has 1 aliphatic carbocycles. The summed E-state index contributed by atoms with van der Waals surface area (Å²) in [5.41, 5.74) is 7.44. The first-order valence-corrected chi connectivity index (χ1v) is 6.23. The van der Waals surface area contributed by atoms with Gasteiger partial charge in [0.15, 0.2) is 0 Å². The second-order valence-electron chi connectivity index (χ2n) is 5.50. The van der Waals surface area contributed by atoms with E-state index in [2.05, 4.69) is 30.5 Å². The molecule has 0 spiro atoms. The summed E-state index contributed by atoms with van der Waals surface area (Å²) in [6, 6.07) is 0. The first-order chi connectivity index (χ1) is 6.97. The molecule has 0 radical (unpaired) electrons. The first-order valence-electron chi connectivity index (χ1n) is 5.46. The van der Waals surface area contributed by atoms with Crippen LogP contribution in [-0.4, -0.2) is 10.9 Å². The molecule has 84 valence electrons. The number of hydrogen-bond acceptors (Lipinski definition) is 4. The van der Waals surface area contributed by atoms with Gasteiger partial charge in [-0.1, -0.05) is 20.8 Å². The molecule has 0 amide bonds. The van der Waals surface area contributed by atoms with Crippen molar-refractivity contribution < 1.29 is 0 Å². The van der Waals surface area contributed by atoms with E-state index in [-0.39, 0.29) is 0 Å². The summed E-state index contributed by atoms with van der Waals surface area (Å²) in [7, 11) is 0. The van der Waals surface area contributed by atoms with Crippen molar-refractivity contribution in [1.82, 2.24) is 4.37 Å². The lowest BCUT2D eigenvalue weighted by molar-refractivity contribution is 0.443. The minimum Gasteiger partial charge on any atom is -0.383 e. The highest BCUT2D eigenvalue weighted by Gasteiger charge is 2.30. The third kappa shape index (κ3) is 2.62. The molecule has 3 N–H and O–H groups in total. The second kappa shape index (κ2) is 3.67. The standard InChI is InChI=1S/C11H19N3S/c1-11(2,3)6-13-10-8(7-4-5-7)9(12)14-15-10/h7,13H,4-6H2,1-3H3,(H2,12,14). The molecule has 0 bridgehead atoms. The molecule has 0 aromatic carbocycles. The lowest BCUT2D eigenvalue weighted by atomic mass is 9.97. The smallest absolute Gasteiger partial charge is 0.142 e. The van der Waals surface area contributed by atoms with Crippen LogP contribution >= 0.6 is 11.5 Å². The number of nitrogens with two attached hydrogens (primary N) is 1. The number of anilines is 2. The van der Waals surface area contributed by atoms with Gasteiger partial charge in [0, 0.05) is 12.1 Å². The van der Waals surface area contributed by atoms with Crippen LogP contribution in [-0.2, 0) is 0 Å². The van der Waals surface area contributed by atoms with Crippen LogP contribution in [0, 0.1) is 5.41 Å². The molecule has 1 aromatic heterocycles. The maximum atomic E-state index is 5.88. The zero-order chi connectivity index (χ0) is 11.1. The van der Waals surface area contributed by atoms with Gasteiger partial charge in [0.2, 0.25) is 0 Å². The van der Waals surface area contributed by atoms with E-state index in [0.717, 1.165) is 12.4 Å². The Balaban J connectivity index is 2.08. The summed E-state index contributed by atoms with van der Waals surface area (Å²) in [5.74, 6) is 1.41. The van der Waals surface area contributed by atoms with Crippen molar-refractivity contribution in [2.75, 3.05) is 17.6 Å². The minimum absolute atomic E-state index is 0.291. The molecule has 1 aliphatic rings. The van der Waals surface area contributed by atoms with Crippen molar-refractivity contribution in [3.63, 3.8) is 0 Å². The van der Waals surface area contributed by atoms with Gasteiger partial charge in [-0.15, -0.1) is 0 Å². The number of aromatic nitrogens is 1. The highest BCUT2D eigenvalue weighted by atomic mass is 32.1. The second-order valence-corrected chi connectivity index (χ2v) is 6.27. The largest absolute Gasteiger partial charge is 0.383 e. The SMILES string of the molecule is CC(C)(C)CNc1snc(N)c1C1CC1. The van der Waals surface area contributed by atoms with Gasteiger partial charge >= 0.3 is 0 Å². The number of nitrogen functional groups attached to an aromatic ring is 1. The molecule has 4 heteroatoms. The van der Waals surface area contributed by atoms with Gasteiger partial charge < -0.3 is 11.1 Å². The maximum absolute atomic E-state index is 5.88. The van der Waals surface area contributed by atoms with Gasteiger partial charge in [-0.2, -0.15) is 4.37 Å². The number of nitrogens with one attached hydrogen (secondary N) is 1. The van der Waals surface area contributed by atoms with Gasteiger partial charge in [-0.25, -0.2) is 0 Å². The fourth-order valence-corrected chi connectivity index (χ4v) is 2.34. The molecule has 0 unspecified atom stereocenters. The summed E-state index contributed by atoms with van der Waals surface area (Å²) < 4.78 is 4.24. The van der Waals surface area contributed by atoms with E-state index in [1.54, 1.807) is 0 Å². The molecule has 0 saturated heterocycles. The average molecular weight is 225 g/mol. The Kier molecular flexibility index (Phi) is 2.63. The molecule has 1 fully saturated rings. The molecule has 3 nitrogen and oxygen atoms in total. The zero-order valence-electron chi connectivity index (χ0n) is 9.63. The molecule has 2 rings (SSSR count). The lowest BCUT2D eigenvalue weighted by Crippen LogP contribution is -2.19. The number of nitrogens with zero attached hydrogens (tertiary/aromatic N) is 1. The van der Waals surface area contributed by atoms with E-state index in [0.29, 0.717) is 11.3 Å². The third-order valence-electron chi connectivity index (χ3n) is 2.52. The van der Waals surface area contributed by atoms with Crippen LogP contribution in [0.4, 0.5) is 10.8 Å². The lowest BCUT2D eigenvalue weighted by Gasteiger charge is -2.19. The van der Waals surface area contributed by atoms with E-state index in [1.165, 1.54) is 34.9 Å². The quantitative estimate of drug-likeness (QED) is 0.831. The van der Waals surface area contributed by atoms with Gasteiger partial charge in [0.1, 0.15) is 10.8 Å². The van der Waals surface area contributed by atoms with E-state index >= 15 is 0 Å².